The molecule has 0 unspecified atom stereocenters. The van der Waals surface area contributed by atoms with E-state index < -0.39 is 30.2 Å². The third-order valence-corrected chi connectivity index (χ3v) is 6.85. The molecule has 0 bridgehead atoms. The zero-order valence-corrected chi connectivity index (χ0v) is 20.0. The average molecular weight is 502 g/mol. The number of rotatable bonds is 10. The van der Waals surface area contributed by atoms with Crippen molar-refractivity contribution in [2.45, 2.75) is 57.3 Å². The Labute approximate surface area is 208 Å². The van der Waals surface area contributed by atoms with Crippen LogP contribution < -0.4 is 0 Å². The second kappa shape index (κ2) is 11.1. The summed E-state index contributed by atoms with van der Waals surface area (Å²) >= 11 is 0. The molecule has 1 N–H and O–H groups in total. The fourth-order valence-electron chi connectivity index (χ4n) is 4.93. The number of amides is 2. The molecule has 0 aliphatic carbocycles. The number of halogens is 3. The van der Waals surface area contributed by atoms with Crippen LogP contribution in [0.1, 0.15) is 60.4 Å². The highest BCUT2D eigenvalue weighted by molar-refractivity contribution is 5.87. The summed E-state index contributed by atoms with van der Waals surface area (Å²) in [5, 5.41) is 9.37. The van der Waals surface area contributed by atoms with E-state index in [2.05, 4.69) is 17.1 Å². The molecule has 6 nitrogen and oxygen atoms in total. The normalized spacial score (nSPS) is 16.6. The van der Waals surface area contributed by atoms with E-state index in [0.717, 1.165) is 50.8 Å². The summed E-state index contributed by atoms with van der Waals surface area (Å²) in [5.74, 6) is -1.17. The van der Waals surface area contributed by atoms with Crippen molar-refractivity contribution in [1.29, 1.82) is 0 Å². The van der Waals surface area contributed by atoms with Crippen molar-refractivity contribution in [2.24, 2.45) is 4.99 Å². The van der Waals surface area contributed by atoms with Gasteiger partial charge in [0.1, 0.15) is 0 Å². The van der Waals surface area contributed by atoms with Crippen LogP contribution in [0.4, 0.5) is 18.0 Å². The number of nitrogens with zero attached hydrogens (tertiary/aromatic N) is 3. The molecular weight excluding hydrogens is 471 g/mol. The van der Waals surface area contributed by atoms with E-state index in [1.165, 1.54) is 33.9 Å². The van der Waals surface area contributed by atoms with Crippen molar-refractivity contribution in [3.8, 4) is 0 Å². The van der Waals surface area contributed by atoms with Gasteiger partial charge in [-0.15, -0.1) is 0 Å². The molecule has 2 aromatic rings. The molecule has 2 aromatic carbocycles. The zero-order valence-electron chi connectivity index (χ0n) is 20.0. The number of carbonyl (C=O) groups is 2. The molecule has 1 saturated heterocycles. The fraction of sp³-hybridized carbons (Fsp3) is 0.444. The van der Waals surface area contributed by atoms with Crippen LogP contribution in [0.15, 0.2) is 53.5 Å². The second-order valence-electron chi connectivity index (χ2n) is 9.34. The van der Waals surface area contributed by atoms with Crippen molar-refractivity contribution < 1.29 is 27.9 Å². The summed E-state index contributed by atoms with van der Waals surface area (Å²) in [6.45, 7) is 1.97. The predicted molar refractivity (Wildman–Crippen MR) is 130 cm³/mol. The lowest BCUT2D eigenvalue weighted by atomic mass is 9.96. The topological polar surface area (TPSA) is 73.2 Å². The molecule has 36 heavy (non-hydrogen) atoms. The Morgan fingerprint density at radius 2 is 1.81 bits per heavy atom. The molecule has 2 heterocycles. The van der Waals surface area contributed by atoms with E-state index in [1.807, 2.05) is 12.1 Å². The molecular formula is C27H30F3N3O3. The van der Waals surface area contributed by atoms with Crippen molar-refractivity contribution in [2.75, 3.05) is 19.6 Å². The highest BCUT2D eigenvalue weighted by Gasteiger charge is 2.37. The molecule has 2 amide bonds. The molecule has 1 fully saturated rings. The number of aliphatic imine (C=N–C) groups is 1. The lowest BCUT2D eigenvalue weighted by Gasteiger charge is -2.28. The molecule has 0 saturated carbocycles. The summed E-state index contributed by atoms with van der Waals surface area (Å²) in [6.07, 6.45) is -0.490. The Balaban J connectivity index is 1.29. The smallest absolute Gasteiger partial charge is 0.416 e. The van der Waals surface area contributed by atoms with Gasteiger partial charge in [-0.2, -0.15) is 13.2 Å². The van der Waals surface area contributed by atoms with Gasteiger partial charge in [0.05, 0.1) is 24.6 Å². The number of hydrogen-bond acceptors (Lipinski definition) is 3. The van der Waals surface area contributed by atoms with E-state index in [4.69, 9.17) is 0 Å². The first-order valence-electron chi connectivity index (χ1n) is 12.3. The molecule has 0 spiro atoms. The van der Waals surface area contributed by atoms with Crippen LogP contribution in [0.5, 0.6) is 0 Å². The minimum absolute atomic E-state index is 0.178. The molecule has 4 rings (SSSR count). The number of urea groups is 1. The van der Waals surface area contributed by atoms with Crippen LogP contribution in [0.25, 0.3) is 0 Å². The molecule has 2 aliphatic rings. The molecule has 0 aromatic heterocycles. The largest absolute Gasteiger partial charge is 0.481 e. The number of unbranched alkanes of at least 4 members (excludes halogenated alkanes) is 2. The van der Waals surface area contributed by atoms with E-state index >= 15 is 0 Å². The van der Waals surface area contributed by atoms with Gasteiger partial charge in [-0.1, -0.05) is 42.8 Å². The van der Waals surface area contributed by atoms with Crippen molar-refractivity contribution in [1.82, 2.24) is 9.80 Å². The standard InChI is InChI=1S/C27H30F3N3O3/c28-27(29,30)22-10-6-9-20(15-22)24(17-25(34)35)33-14-13-32(26(33)36)12-5-1-2-11-23-16-19-7-3-4-8-21(19)18-31-23/h3-4,6-10,15,24H,1-2,5,11-14,16-18H2,(H,34,35)/t24-/m0/s1. The van der Waals surface area contributed by atoms with Gasteiger partial charge < -0.3 is 14.9 Å². The lowest BCUT2D eigenvalue weighted by Crippen LogP contribution is -2.36. The zero-order chi connectivity index (χ0) is 25.7. The van der Waals surface area contributed by atoms with Crippen LogP contribution in [-0.2, 0) is 23.9 Å². The number of alkyl halides is 3. The van der Waals surface area contributed by atoms with E-state index in [9.17, 15) is 27.9 Å². The maximum absolute atomic E-state index is 13.2. The number of aliphatic carboxylic acids is 1. The van der Waals surface area contributed by atoms with Crippen LogP contribution in [0.2, 0.25) is 0 Å². The monoisotopic (exact) mass is 501 g/mol. The summed E-state index contributed by atoms with van der Waals surface area (Å²) in [4.78, 5) is 32.2. The van der Waals surface area contributed by atoms with Crippen molar-refractivity contribution in [3.05, 3.63) is 70.8 Å². The van der Waals surface area contributed by atoms with Gasteiger partial charge in [-0.05, 0) is 48.1 Å². The SMILES string of the molecule is O=C(O)C[C@@H](c1cccc(C(F)(F)F)c1)N1CCN(CCCCCC2=NCc3ccccc3C2)C1=O. The number of carbonyl (C=O) groups excluding carboxylic acids is 1. The number of hydrogen-bond donors (Lipinski definition) is 1. The summed E-state index contributed by atoms with van der Waals surface area (Å²) < 4.78 is 39.6. The van der Waals surface area contributed by atoms with Crippen molar-refractivity contribution in [3.63, 3.8) is 0 Å². The Morgan fingerprint density at radius 3 is 2.56 bits per heavy atom. The summed E-state index contributed by atoms with van der Waals surface area (Å²) in [7, 11) is 0. The van der Waals surface area contributed by atoms with Gasteiger partial charge in [0.25, 0.3) is 0 Å². The Kier molecular flexibility index (Phi) is 7.96. The minimum Gasteiger partial charge on any atom is -0.481 e. The Morgan fingerprint density at radius 1 is 1.03 bits per heavy atom. The number of benzene rings is 2. The van der Waals surface area contributed by atoms with Gasteiger partial charge in [0, 0.05) is 31.8 Å². The predicted octanol–water partition coefficient (Wildman–Crippen LogP) is 5.72. The van der Waals surface area contributed by atoms with Crippen LogP contribution in [-0.4, -0.2) is 52.3 Å². The van der Waals surface area contributed by atoms with Crippen LogP contribution in [0, 0.1) is 0 Å². The highest BCUT2D eigenvalue weighted by atomic mass is 19.4. The average Bonchev–Trinajstić information content (AvgIpc) is 3.21. The first-order chi connectivity index (χ1) is 17.2. The highest BCUT2D eigenvalue weighted by Crippen LogP contribution is 2.34. The summed E-state index contributed by atoms with van der Waals surface area (Å²) in [6, 6.07) is 11.6. The third kappa shape index (κ3) is 6.25. The van der Waals surface area contributed by atoms with E-state index in [1.54, 1.807) is 4.90 Å². The van der Waals surface area contributed by atoms with E-state index in [0.29, 0.717) is 13.1 Å². The summed E-state index contributed by atoms with van der Waals surface area (Å²) in [5.41, 5.74) is 3.14. The maximum atomic E-state index is 13.2. The first kappa shape index (κ1) is 25.7. The Bertz CT molecular complexity index is 1130. The molecule has 9 heteroatoms. The quantitative estimate of drug-likeness (QED) is 0.424. The third-order valence-electron chi connectivity index (χ3n) is 6.85. The maximum Gasteiger partial charge on any atom is 0.416 e. The van der Waals surface area contributed by atoms with Crippen LogP contribution in [0.3, 0.4) is 0 Å². The van der Waals surface area contributed by atoms with Gasteiger partial charge in [-0.25, -0.2) is 4.79 Å². The number of carboxylic acid groups (broad SMARTS) is 1. The first-order valence-corrected chi connectivity index (χ1v) is 12.3. The van der Waals surface area contributed by atoms with Gasteiger partial charge in [-0.3, -0.25) is 9.79 Å². The minimum atomic E-state index is -4.54. The lowest BCUT2D eigenvalue weighted by molar-refractivity contribution is -0.138. The number of fused-ring (bicyclic) bond motifs is 1. The van der Waals surface area contributed by atoms with Gasteiger partial charge in [0.15, 0.2) is 0 Å². The van der Waals surface area contributed by atoms with Crippen LogP contribution >= 0.6 is 0 Å². The Hall–Kier alpha value is -3.36. The van der Waals surface area contributed by atoms with E-state index in [-0.39, 0.29) is 18.1 Å². The molecule has 192 valence electrons. The second-order valence-corrected chi connectivity index (χ2v) is 9.34. The molecule has 0 radical (unpaired) electrons. The van der Waals surface area contributed by atoms with Gasteiger partial charge >= 0.3 is 18.2 Å². The number of carboxylic acids is 1. The van der Waals surface area contributed by atoms with Crippen molar-refractivity contribution >= 4 is 17.7 Å². The molecule has 2 aliphatic heterocycles. The van der Waals surface area contributed by atoms with Gasteiger partial charge in [0.2, 0.25) is 0 Å². The molecule has 1 atom stereocenters. The fourth-order valence-corrected chi connectivity index (χ4v) is 4.93.